The summed E-state index contributed by atoms with van der Waals surface area (Å²) in [5.41, 5.74) is 7.69. The Labute approximate surface area is 108 Å². The zero-order chi connectivity index (χ0) is 11.4. The van der Waals surface area contributed by atoms with Gasteiger partial charge in [0.2, 0.25) is 0 Å². The summed E-state index contributed by atoms with van der Waals surface area (Å²) >= 11 is 5.27. The molecule has 1 aromatic carbocycles. The number of hydrogen-bond donors (Lipinski definition) is 2. The molecule has 2 nitrogen and oxygen atoms in total. The van der Waals surface area contributed by atoms with Gasteiger partial charge in [0, 0.05) is 28.1 Å². The predicted octanol–water partition coefficient (Wildman–Crippen LogP) is 3.38. The lowest BCUT2D eigenvalue weighted by molar-refractivity contribution is 0.699. The molecule has 84 valence electrons. The van der Waals surface area contributed by atoms with Crippen LogP contribution in [0.25, 0.3) is 0 Å². The zero-order valence-electron chi connectivity index (χ0n) is 8.74. The molecule has 0 atom stereocenters. The molecule has 2 aromatic rings. The van der Waals surface area contributed by atoms with Gasteiger partial charge in [0.05, 0.1) is 0 Å². The number of benzene rings is 1. The Kier molecular flexibility index (Phi) is 3.98. The summed E-state index contributed by atoms with van der Waals surface area (Å²) in [7, 11) is 0. The van der Waals surface area contributed by atoms with Crippen LogP contribution in [0.3, 0.4) is 0 Å². The minimum absolute atomic E-state index is 0.810. The van der Waals surface area contributed by atoms with E-state index in [-0.39, 0.29) is 0 Å². The van der Waals surface area contributed by atoms with Crippen molar-refractivity contribution in [3.8, 4) is 0 Å². The molecule has 4 heteroatoms. The molecule has 0 fully saturated rings. The van der Waals surface area contributed by atoms with Crippen LogP contribution in [-0.4, -0.2) is 0 Å². The standard InChI is InChI=1S/C12H13BrN2S/c13-11-5-6-16-12(11)8-15-7-9-1-3-10(14)4-2-9/h1-6,15H,7-8,14H2. The topological polar surface area (TPSA) is 38.0 Å². The van der Waals surface area contributed by atoms with E-state index in [0.717, 1.165) is 18.8 Å². The third-order valence-electron chi connectivity index (χ3n) is 2.29. The van der Waals surface area contributed by atoms with E-state index in [1.165, 1.54) is 14.9 Å². The molecule has 0 bridgehead atoms. The second-order valence-corrected chi connectivity index (χ2v) is 5.39. The maximum absolute atomic E-state index is 5.63. The highest BCUT2D eigenvalue weighted by Crippen LogP contribution is 2.22. The average Bonchev–Trinajstić information content (AvgIpc) is 2.68. The smallest absolute Gasteiger partial charge is 0.0327 e. The van der Waals surface area contributed by atoms with Crippen molar-refractivity contribution in [1.29, 1.82) is 0 Å². The third kappa shape index (κ3) is 3.07. The molecule has 0 saturated heterocycles. The molecule has 0 spiro atoms. The van der Waals surface area contributed by atoms with Crippen LogP contribution in [0.2, 0.25) is 0 Å². The number of thiophene rings is 1. The Morgan fingerprint density at radius 3 is 2.50 bits per heavy atom. The largest absolute Gasteiger partial charge is 0.399 e. The Morgan fingerprint density at radius 1 is 1.12 bits per heavy atom. The molecule has 1 heterocycles. The second kappa shape index (κ2) is 5.48. The van der Waals surface area contributed by atoms with Crippen molar-refractivity contribution in [1.82, 2.24) is 5.32 Å². The van der Waals surface area contributed by atoms with Crippen molar-refractivity contribution in [3.05, 3.63) is 50.6 Å². The van der Waals surface area contributed by atoms with Gasteiger partial charge >= 0.3 is 0 Å². The lowest BCUT2D eigenvalue weighted by Gasteiger charge is -2.04. The fraction of sp³-hybridized carbons (Fsp3) is 0.167. The Morgan fingerprint density at radius 2 is 1.88 bits per heavy atom. The van der Waals surface area contributed by atoms with Crippen LogP contribution in [0.4, 0.5) is 5.69 Å². The Bertz CT molecular complexity index is 450. The molecule has 0 aliphatic heterocycles. The van der Waals surface area contributed by atoms with Crippen molar-refractivity contribution >= 4 is 33.0 Å². The highest BCUT2D eigenvalue weighted by atomic mass is 79.9. The number of rotatable bonds is 4. The van der Waals surface area contributed by atoms with Gasteiger partial charge < -0.3 is 11.1 Å². The highest BCUT2D eigenvalue weighted by Gasteiger charge is 2.00. The van der Waals surface area contributed by atoms with Gasteiger partial charge in [-0.2, -0.15) is 0 Å². The summed E-state index contributed by atoms with van der Waals surface area (Å²) in [4.78, 5) is 1.33. The van der Waals surface area contributed by atoms with Crippen LogP contribution in [0.15, 0.2) is 40.2 Å². The van der Waals surface area contributed by atoms with Crippen molar-refractivity contribution in [2.45, 2.75) is 13.1 Å². The van der Waals surface area contributed by atoms with Crippen molar-refractivity contribution in [3.63, 3.8) is 0 Å². The van der Waals surface area contributed by atoms with E-state index < -0.39 is 0 Å². The van der Waals surface area contributed by atoms with Gasteiger partial charge in [-0.05, 0) is 45.1 Å². The molecule has 0 saturated carbocycles. The second-order valence-electron chi connectivity index (χ2n) is 3.54. The summed E-state index contributed by atoms with van der Waals surface area (Å²) in [6.07, 6.45) is 0. The lowest BCUT2D eigenvalue weighted by Crippen LogP contribution is -2.11. The quantitative estimate of drug-likeness (QED) is 0.849. The fourth-order valence-electron chi connectivity index (χ4n) is 1.41. The van der Waals surface area contributed by atoms with Gasteiger partial charge in [-0.1, -0.05) is 12.1 Å². The first-order valence-electron chi connectivity index (χ1n) is 5.03. The predicted molar refractivity (Wildman–Crippen MR) is 73.4 cm³/mol. The monoisotopic (exact) mass is 296 g/mol. The van der Waals surface area contributed by atoms with Gasteiger partial charge in [0.1, 0.15) is 0 Å². The molecule has 1 aromatic heterocycles. The van der Waals surface area contributed by atoms with Gasteiger partial charge in [-0.25, -0.2) is 0 Å². The molecule has 0 radical (unpaired) electrons. The number of nitrogen functional groups attached to an aromatic ring is 1. The summed E-state index contributed by atoms with van der Waals surface area (Å²) in [6.45, 7) is 1.76. The van der Waals surface area contributed by atoms with Crippen molar-refractivity contribution in [2.24, 2.45) is 0 Å². The molecule has 0 aliphatic rings. The fourth-order valence-corrected chi connectivity index (χ4v) is 2.87. The number of halogens is 1. The van der Waals surface area contributed by atoms with Gasteiger partial charge in [0.15, 0.2) is 0 Å². The Balaban J connectivity index is 1.84. The molecule has 3 N–H and O–H groups in total. The number of hydrogen-bond acceptors (Lipinski definition) is 3. The molecule has 0 aliphatic carbocycles. The zero-order valence-corrected chi connectivity index (χ0v) is 11.1. The van der Waals surface area contributed by atoms with E-state index >= 15 is 0 Å². The average molecular weight is 297 g/mol. The van der Waals surface area contributed by atoms with Crippen LogP contribution < -0.4 is 11.1 Å². The molecule has 0 unspecified atom stereocenters. The molecule has 0 amide bonds. The van der Waals surface area contributed by atoms with Crippen molar-refractivity contribution < 1.29 is 0 Å². The summed E-state index contributed by atoms with van der Waals surface area (Å²) in [6, 6.07) is 10.0. The minimum Gasteiger partial charge on any atom is -0.399 e. The first-order chi connectivity index (χ1) is 7.75. The van der Waals surface area contributed by atoms with Crippen LogP contribution in [-0.2, 0) is 13.1 Å². The number of anilines is 1. The van der Waals surface area contributed by atoms with Gasteiger partial charge in [-0.15, -0.1) is 11.3 Å². The summed E-state index contributed by atoms with van der Waals surface area (Å²) < 4.78 is 1.18. The van der Waals surface area contributed by atoms with E-state index in [4.69, 9.17) is 5.73 Å². The van der Waals surface area contributed by atoms with E-state index in [0.29, 0.717) is 0 Å². The van der Waals surface area contributed by atoms with Crippen LogP contribution in [0.1, 0.15) is 10.4 Å². The molecular formula is C12H13BrN2S. The van der Waals surface area contributed by atoms with Crippen LogP contribution in [0.5, 0.6) is 0 Å². The van der Waals surface area contributed by atoms with E-state index in [9.17, 15) is 0 Å². The minimum atomic E-state index is 0.810. The number of nitrogens with two attached hydrogens (primary N) is 1. The normalized spacial score (nSPS) is 10.6. The maximum atomic E-state index is 5.63. The van der Waals surface area contributed by atoms with E-state index in [1.807, 2.05) is 24.3 Å². The first-order valence-corrected chi connectivity index (χ1v) is 6.70. The SMILES string of the molecule is Nc1ccc(CNCc2sccc2Br)cc1. The van der Waals surface area contributed by atoms with Gasteiger partial charge in [0.25, 0.3) is 0 Å². The van der Waals surface area contributed by atoms with Crippen molar-refractivity contribution in [2.75, 3.05) is 5.73 Å². The third-order valence-corrected chi connectivity index (χ3v) is 4.21. The highest BCUT2D eigenvalue weighted by molar-refractivity contribution is 9.10. The lowest BCUT2D eigenvalue weighted by atomic mass is 10.2. The van der Waals surface area contributed by atoms with Crippen LogP contribution >= 0.6 is 27.3 Å². The van der Waals surface area contributed by atoms with E-state index in [2.05, 4.69) is 32.7 Å². The Hall–Kier alpha value is -0.840. The molecule has 16 heavy (non-hydrogen) atoms. The van der Waals surface area contributed by atoms with Crippen LogP contribution in [0, 0.1) is 0 Å². The van der Waals surface area contributed by atoms with E-state index in [1.54, 1.807) is 11.3 Å². The first kappa shape index (κ1) is 11.6. The summed E-state index contributed by atoms with van der Waals surface area (Å²) in [5.74, 6) is 0. The maximum Gasteiger partial charge on any atom is 0.0327 e. The summed E-state index contributed by atoms with van der Waals surface area (Å²) in [5, 5.41) is 5.49. The molecule has 2 rings (SSSR count). The van der Waals surface area contributed by atoms with Gasteiger partial charge in [-0.3, -0.25) is 0 Å². The number of nitrogens with one attached hydrogen (secondary N) is 1. The molecular weight excluding hydrogens is 284 g/mol.